The van der Waals surface area contributed by atoms with Crippen LogP contribution in [0.2, 0.25) is 0 Å². The zero-order chi connectivity index (χ0) is 20.1. The van der Waals surface area contributed by atoms with Crippen molar-refractivity contribution in [2.45, 2.75) is 19.9 Å². The molecule has 148 valence electrons. The number of nitrogens with zero attached hydrogens (tertiary/aromatic N) is 1. The van der Waals surface area contributed by atoms with E-state index in [0.717, 1.165) is 0 Å². The Labute approximate surface area is 170 Å². The van der Waals surface area contributed by atoms with Crippen molar-refractivity contribution in [2.24, 2.45) is 5.92 Å². The second kappa shape index (κ2) is 8.92. The Morgan fingerprint density at radius 3 is 2.82 bits per heavy atom. The van der Waals surface area contributed by atoms with Gasteiger partial charge in [-0.2, -0.15) is 0 Å². The number of rotatable bonds is 6. The molecule has 1 fully saturated rings. The predicted molar refractivity (Wildman–Crippen MR) is 103 cm³/mol. The van der Waals surface area contributed by atoms with Gasteiger partial charge in [0.2, 0.25) is 11.8 Å². The molecule has 0 aliphatic carbocycles. The van der Waals surface area contributed by atoms with Gasteiger partial charge in [0.25, 0.3) is 5.91 Å². The largest absolute Gasteiger partial charge is 0.493 e. The quantitative estimate of drug-likeness (QED) is 0.658. The van der Waals surface area contributed by atoms with E-state index in [1.54, 1.807) is 35.2 Å². The summed E-state index contributed by atoms with van der Waals surface area (Å²) in [5.41, 5.74) is 5.13. The fourth-order valence-corrected chi connectivity index (χ4v) is 3.39. The predicted octanol–water partition coefficient (Wildman–Crippen LogP) is 2.25. The van der Waals surface area contributed by atoms with E-state index in [-0.39, 0.29) is 18.9 Å². The normalized spacial score (nSPS) is 16.1. The van der Waals surface area contributed by atoms with Gasteiger partial charge >= 0.3 is 0 Å². The van der Waals surface area contributed by atoms with Crippen LogP contribution in [0.15, 0.2) is 45.5 Å². The summed E-state index contributed by atoms with van der Waals surface area (Å²) < 4.78 is 11.3. The molecule has 1 atom stereocenters. The highest BCUT2D eigenvalue weighted by Gasteiger charge is 2.34. The van der Waals surface area contributed by atoms with Crippen molar-refractivity contribution < 1.29 is 23.5 Å². The summed E-state index contributed by atoms with van der Waals surface area (Å²) in [6.07, 6.45) is 1.63. The number of hydrazine groups is 1. The number of benzene rings is 1. The van der Waals surface area contributed by atoms with Crippen molar-refractivity contribution in [3.05, 3.63) is 52.4 Å². The smallest absolute Gasteiger partial charge is 0.269 e. The van der Waals surface area contributed by atoms with Crippen LogP contribution in [0.25, 0.3) is 0 Å². The molecular weight excluding hydrogens is 430 g/mol. The van der Waals surface area contributed by atoms with Gasteiger partial charge in [-0.1, -0.05) is 0 Å². The summed E-state index contributed by atoms with van der Waals surface area (Å²) in [4.78, 5) is 38.2. The lowest BCUT2D eigenvalue weighted by molar-refractivity contribution is -0.129. The van der Waals surface area contributed by atoms with Crippen molar-refractivity contribution in [2.75, 3.05) is 13.2 Å². The van der Waals surface area contributed by atoms with E-state index in [2.05, 4.69) is 26.8 Å². The van der Waals surface area contributed by atoms with E-state index in [9.17, 15) is 14.4 Å². The minimum Gasteiger partial charge on any atom is -0.493 e. The standard InChI is InChI=1S/C19H20BrN3O5/c1-2-27-16-6-5-12(8-15(16)20)18(25)21-22-19(26)13-9-17(24)23(10-13)11-14-4-3-7-28-14/h3-8,13H,2,9-11H2,1H3,(H,21,25)(H,22,26). The van der Waals surface area contributed by atoms with E-state index in [1.165, 1.54) is 6.26 Å². The van der Waals surface area contributed by atoms with Crippen LogP contribution in [0.1, 0.15) is 29.5 Å². The van der Waals surface area contributed by atoms with Crippen LogP contribution < -0.4 is 15.6 Å². The topological polar surface area (TPSA) is 101 Å². The van der Waals surface area contributed by atoms with Gasteiger partial charge in [-0.05, 0) is 53.2 Å². The first-order valence-electron chi connectivity index (χ1n) is 8.80. The molecule has 3 rings (SSSR count). The van der Waals surface area contributed by atoms with Crippen molar-refractivity contribution >= 4 is 33.7 Å². The summed E-state index contributed by atoms with van der Waals surface area (Å²) in [5.74, 6) is -0.247. The average Bonchev–Trinajstić information content (AvgIpc) is 3.32. The molecule has 1 aromatic carbocycles. The molecule has 1 unspecified atom stereocenters. The van der Waals surface area contributed by atoms with Crippen molar-refractivity contribution in [1.29, 1.82) is 0 Å². The molecule has 0 bridgehead atoms. The molecule has 1 aromatic heterocycles. The molecular formula is C19H20BrN3O5. The maximum absolute atomic E-state index is 12.3. The van der Waals surface area contributed by atoms with Crippen LogP contribution in [-0.4, -0.2) is 35.8 Å². The van der Waals surface area contributed by atoms with Gasteiger partial charge < -0.3 is 14.1 Å². The molecule has 3 amide bonds. The Morgan fingerprint density at radius 2 is 2.14 bits per heavy atom. The van der Waals surface area contributed by atoms with Crippen LogP contribution in [0.4, 0.5) is 0 Å². The average molecular weight is 450 g/mol. The lowest BCUT2D eigenvalue weighted by atomic mass is 10.1. The first-order chi connectivity index (χ1) is 13.5. The zero-order valence-electron chi connectivity index (χ0n) is 15.2. The third-order valence-corrected chi connectivity index (χ3v) is 4.92. The van der Waals surface area contributed by atoms with Crippen LogP contribution in [-0.2, 0) is 16.1 Å². The van der Waals surface area contributed by atoms with Gasteiger partial charge in [-0.25, -0.2) is 0 Å². The van der Waals surface area contributed by atoms with E-state index in [0.29, 0.717) is 34.7 Å². The first-order valence-corrected chi connectivity index (χ1v) is 9.60. The molecule has 1 aliphatic heterocycles. The zero-order valence-corrected chi connectivity index (χ0v) is 16.8. The van der Waals surface area contributed by atoms with Crippen molar-refractivity contribution in [3.63, 3.8) is 0 Å². The third kappa shape index (κ3) is 4.72. The number of amides is 3. The van der Waals surface area contributed by atoms with E-state index < -0.39 is 17.7 Å². The Hall–Kier alpha value is -2.81. The van der Waals surface area contributed by atoms with Gasteiger partial charge in [-0.3, -0.25) is 25.2 Å². The fourth-order valence-electron chi connectivity index (χ4n) is 2.90. The Kier molecular flexibility index (Phi) is 6.35. The Balaban J connectivity index is 1.52. The molecule has 0 radical (unpaired) electrons. The van der Waals surface area contributed by atoms with Crippen LogP contribution >= 0.6 is 15.9 Å². The number of carbonyl (C=O) groups excluding carboxylic acids is 3. The lowest BCUT2D eigenvalue weighted by Gasteiger charge is -2.15. The summed E-state index contributed by atoms with van der Waals surface area (Å²) in [6, 6.07) is 8.40. The number of halogens is 1. The number of ether oxygens (including phenoxy) is 1. The molecule has 2 heterocycles. The highest BCUT2D eigenvalue weighted by molar-refractivity contribution is 9.10. The van der Waals surface area contributed by atoms with E-state index >= 15 is 0 Å². The number of likely N-dealkylation sites (tertiary alicyclic amines) is 1. The minimum atomic E-state index is -0.533. The SMILES string of the molecule is CCOc1ccc(C(=O)NNC(=O)C2CC(=O)N(Cc3ccco3)C2)cc1Br. The van der Waals surface area contributed by atoms with Gasteiger partial charge in [-0.15, -0.1) is 0 Å². The van der Waals surface area contributed by atoms with E-state index in [4.69, 9.17) is 9.15 Å². The van der Waals surface area contributed by atoms with Gasteiger partial charge in [0.15, 0.2) is 0 Å². The van der Waals surface area contributed by atoms with Crippen LogP contribution in [0, 0.1) is 5.92 Å². The molecule has 0 spiro atoms. The van der Waals surface area contributed by atoms with Crippen molar-refractivity contribution in [3.8, 4) is 5.75 Å². The first kappa shape index (κ1) is 19.9. The second-order valence-electron chi connectivity index (χ2n) is 6.28. The van der Waals surface area contributed by atoms with E-state index in [1.807, 2.05) is 6.92 Å². The maximum Gasteiger partial charge on any atom is 0.269 e. The highest BCUT2D eigenvalue weighted by atomic mass is 79.9. The highest BCUT2D eigenvalue weighted by Crippen LogP contribution is 2.26. The Bertz CT molecular complexity index is 868. The summed E-state index contributed by atoms with van der Waals surface area (Å²) in [6.45, 7) is 2.97. The molecule has 0 saturated carbocycles. The van der Waals surface area contributed by atoms with Gasteiger partial charge in [0.1, 0.15) is 11.5 Å². The number of hydrogen-bond acceptors (Lipinski definition) is 5. The third-order valence-electron chi connectivity index (χ3n) is 4.31. The second-order valence-corrected chi connectivity index (χ2v) is 7.13. The molecule has 9 heteroatoms. The number of hydrogen-bond donors (Lipinski definition) is 2. The number of carbonyl (C=O) groups is 3. The molecule has 2 N–H and O–H groups in total. The maximum atomic E-state index is 12.3. The van der Waals surface area contributed by atoms with Crippen molar-refractivity contribution in [1.82, 2.24) is 15.8 Å². The summed E-state index contributed by atoms with van der Waals surface area (Å²) in [5, 5.41) is 0. The fraction of sp³-hybridized carbons (Fsp3) is 0.316. The monoisotopic (exact) mass is 449 g/mol. The van der Waals surface area contributed by atoms with Crippen LogP contribution in [0.5, 0.6) is 5.75 Å². The molecule has 1 saturated heterocycles. The van der Waals surface area contributed by atoms with Gasteiger partial charge in [0.05, 0.1) is 29.8 Å². The van der Waals surface area contributed by atoms with Crippen LogP contribution in [0.3, 0.4) is 0 Å². The Morgan fingerprint density at radius 1 is 1.32 bits per heavy atom. The lowest BCUT2D eigenvalue weighted by Crippen LogP contribution is -2.45. The molecule has 28 heavy (non-hydrogen) atoms. The minimum absolute atomic E-state index is 0.0943. The summed E-state index contributed by atoms with van der Waals surface area (Å²) >= 11 is 3.34. The number of furan rings is 1. The summed E-state index contributed by atoms with van der Waals surface area (Å²) in [7, 11) is 0. The van der Waals surface area contributed by atoms with Gasteiger partial charge in [0, 0.05) is 18.5 Å². The molecule has 2 aromatic rings. The molecule has 1 aliphatic rings. The number of nitrogens with one attached hydrogen (secondary N) is 2. The molecule has 8 nitrogen and oxygen atoms in total.